The third-order valence-corrected chi connectivity index (χ3v) is 6.74. The summed E-state index contributed by atoms with van der Waals surface area (Å²) >= 11 is 3.27. The third kappa shape index (κ3) is 4.21. The Morgan fingerprint density at radius 3 is 2.81 bits per heavy atom. The summed E-state index contributed by atoms with van der Waals surface area (Å²) in [7, 11) is 1.56. The molecule has 0 saturated carbocycles. The lowest BCUT2D eigenvalue weighted by atomic mass is 9.93. The number of rotatable bonds is 8. The molecule has 0 aliphatic carbocycles. The van der Waals surface area contributed by atoms with Crippen molar-refractivity contribution in [2.75, 3.05) is 12.6 Å². The van der Waals surface area contributed by atoms with Crippen molar-refractivity contribution in [1.82, 2.24) is 4.98 Å². The van der Waals surface area contributed by atoms with Gasteiger partial charge in [-0.25, -0.2) is 4.98 Å². The summed E-state index contributed by atoms with van der Waals surface area (Å²) in [4.78, 5) is 10.9. The molecule has 3 rings (SSSR count). The number of thiophene rings is 1. The SMILES string of the molecule is CCCCCCc1c(C)nc2sc(NOC)c(C#N)c2c1C1C=CC=CS1. The van der Waals surface area contributed by atoms with Crippen molar-refractivity contribution in [2.24, 2.45) is 0 Å². The molecule has 1 aliphatic rings. The predicted molar refractivity (Wildman–Crippen MR) is 116 cm³/mol. The molecular weight excluding hydrogens is 374 g/mol. The molecule has 0 aromatic carbocycles. The van der Waals surface area contributed by atoms with Gasteiger partial charge >= 0.3 is 0 Å². The second-order valence-electron chi connectivity index (χ2n) is 6.57. The fourth-order valence-electron chi connectivity index (χ4n) is 3.49. The zero-order valence-corrected chi connectivity index (χ0v) is 17.7. The molecule has 142 valence electrons. The van der Waals surface area contributed by atoms with Crippen molar-refractivity contribution < 1.29 is 4.84 Å². The van der Waals surface area contributed by atoms with Gasteiger partial charge in [-0.05, 0) is 36.3 Å². The maximum absolute atomic E-state index is 9.86. The van der Waals surface area contributed by atoms with E-state index in [4.69, 9.17) is 9.82 Å². The van der Waals surface area contributed by atoms with Crippen LogP contribution in [0.1, 0.15) is 60.2 Å². The lowest BCUT2D eigenvalue weighted by Crippen LogP contribution is -2.05. The van der Waals surface area contributed by atoms with E-state index in [-0.39, 0.29) is 5.25 Å². The van der Waals surface area contributed by atoms with Crippen LogP contribution < -0.4 is 5.48 Å². The van der Waals surface area contributed by atoms with E-state index in [0.29, 0.717) is 5.56 Å². The molecule has 1 aliphatic heterocycles. The number of nitrogens with one attached hydrogen (secondary N) is 1. The molecular formula is C21H25N3OS2. The molecule has 2 aromatic rings. The molecule has 1 N–H and O–H groups in total. The molecule has 1 unspecified atom stereocenters. The number of anilines is 1. The Labute approximate surface area is 169 Å². The smallest absolute Gasteiger partial charge is 0.133 e. The van der Waals surface area contributed by atoms with E-state index in [2.05, 4.69) is 49.0 Å². The molecule has 0 saturated heterocycles. The Kier molecular flexibility index (Phi) is 6.95. The second-order valence-corrected chi connectivity index (χ2v) is 8.63. The van der Waals surface area contributed by atoms with Crippen molar-refractivity contribution in [3.8, 4) is 6.07 Å². The van der Waals surface area contributed by atoms with Crippen molar-refractivity contribution >= 4 is 38.3 Å². The zero-order chi connectivity index (χ0) is 19.2. The summed E-state index contributed by atoms with van der Waals surface area (Å²) in [5, 5.41) is 13.9. The van der Waals surface area contributed by atoms with Crippen molar-refractivity contribution in [2.45, 2.75) is 51.2 Å². The Morgan fingerprint density at radius 1 is 1.30 bits per heavy atom. The van der Waals surface area contributed by atoms with Crippen molar-refractivity contribution in [3.63, 3.8) is 0 Å². The van der Waals surface area contributed by atoms with Crippen LogP contribution in [-0.4, -0.2) is 12.1 Å². The summed E-state index contributed by atoms with van der Waals surface area (Å²) in [6.45, 7) is 4.33. The van der Waals surface area contributed by atoms with Gasteiger partial charge in [0.25, 0.3) is 0 Å². The van der Waals surface area contributed by atoms with Crippen molar-refractivity contribution in [1.29, 1.82) is 5.26 Å². The van der Waals surface area contributed by atoms with Gasteiger partial charge < -0.3 is 0 Å². The van der Waals surface area contributed by atoms with E-state index >= 15 is 0 Å². The first-order valence-electron chi connectivity index (χ1n) is 9.35. The number of pyridine rings is 1. The largest absolute Gasteiger partial charge is 0.279 e. The molecule has 27 heavy (non-hydrogen) atoms. The summed E-state index contributed by atoms with van der Waals surface area (Å²) in [6, 6.07) is 2.38. The van der Waals surface area contributed by atoms with E-state index in [9.17, 15) is 5.26 Å². The standard InChI is InChI=1S/C21H25N3OS2/c1-4-5-6-7-10-15-14(2)23-21-19(16(13-22)20(27-21)24-25-3)18(15)17-11-8-9-12-26-17/h8-9,11-12,17,24H,4-7,10H2,1-3H3. The normalized spacial score (nSPS) is 16.0. The number of nitriles is 1. The quantitative estimate of drug-likeness (QED) is 0.409. The minimum absolute atomic E-state index is 0.206. The van der Waals surface area contributed by atoms with Gasteiger partial charge in [0, 0.05) is 11.1 Å². The highest BCUT2D eigenvalue weighted by Gasteiger charge is 2.25. The van der Waals surface area contributed by atoms with Crippen LogP contribution in [0, 0.1) is 18.3 Å². The van der Waals surface area contributed by atoms with Crippen LogP contribution in [0.5, 0.6) is 0 Å². The van der Waals surface area contributed by atoms with Crippen LogP contribution in [0.3, 0.4) is 0 Å². The Balaban J connectivity index is 2.17. The summed E-state index contributed by atoms with van der Waals surface area (Å²) in [5.74, 6) is 0. The number of fused-ring (bicyclic) bond motifs is 1. The summed E-state index contributed by atoms with van der Waals surface area (Å²) in [5.41, 5.74) is 7.12. The van der Waals surface area contributed by atoms with E-state index in [1.54, 1.807) is 18.9 Å². The number of allylic oxidation sites excluding steroid dienone is 2. The monoisotopic (exact) mass is 399 g/mol. The molecule has 2 aromatic heterocycles. The van der Waals surface area contributed by atoms with Crippen LogP contribution >= 0.6 is 23.1 Å². The van der Waals surface area contributed by atoms with Gasteiger partial charge in [0.15, 0.2) is 0 Å². The molecule has 3 heterocycles. The fraction of sp³-hybridized carbons (Fsp3) is 0.429. The lowest BCUT2D eigenvalue weighted by Gasteiger charge is -2.20. The number of thioether (sulfide) groups is 1. The maximum Gasteiger partial charge on any atom is 0.133 e. The second kappa shape index (κ2) is 9.41. The molecule has 1 atom stereocenters. The molecule has 4 nitrogen and oxygen atoms in total. The number of aromatic nitrogens is 1. The molecule has 0 spiro atoms. The number of nitrogens with zero attached hydrogens (tertiary/aromatic N) is 2. The molecule has 6 heteroatoms. The van der Waals surface area contributed by atoms with Crippen LogP contribution in [0.4, 0.5) is 5.00 Å². The van der Waals surface area contributed by atoms with Gasteiger partial charge in [-0.1, -0.05) is 55.8 Å². The molecule has 0 radical (unpaired) electrons. The van der Waals surface area contributed by atoms with Crippen LogP contribution in [0.25, 0.3) is 10.2 Å². The van der Waals surface area contributed by atoms with Crippen LogP contribution in [-0.2, 0) is 11.3 Å². The van der Waals surface area contributed by atoms with Gasteiger partial charge in [-0.2, -0.15) is 5.26 Å². The van der Waals surface area contributed by atoms with Gasteiger partial charge in [0.05, 0.1) is 17.9 Å². The maximum atomic E-state index is 9.86. The van der Waals surface area contributed by atoms with E-state index in [1.165, 1.54) is 41.7 Å². The minimum atomic E-state index is 0.206. The Morgan fingerprint density at radius 2 is 2.15 bits per heavy atom. The highest BCUT2D eigenvalue weighted by molar-refractivity contribution is 8.02. The van der Waals surface area contributed by atoms with E-state index < -0.39 is 0 Å². The van der Waals surface area contributed by atoms with Crippen LogP contribution in [0.15, 0.2) is 23.6 Å². The number of hydrogen-bond donors (Lipinski definition) is 1. The number of unbranched alkanes of at least 4 members (excludes halogenated alkanes) is 3. The average Bonchev–Trinajstić information content (AvgIpc) is 3.02. The van der Waals surface area contributed by atoms with Gasteiger partial charge in [0.1, 0.15) is 15.9 Å². The summed E-state index contributed by atoms with van der Waals surface area (Å²) < 4.78 is 0. The van der Waals surface area contributed by atoms with Gasteiger partial charge in [-0.15, -0.1) is 11.8 Å². The van der Waals surface area contributed by atoms with Crippen molar-refractivity contribution in [3.05, 3.63) is 46.0 Å². The first-order chi connectivity index (χ1) is 13.2. The molecule has 0 fully saturated rings. The first kappa shape index (κ1) is 19.9. The van der Waals surface area contributed by atoms with E-state index in [1.807, 2.05) is 0 Å². The summed E-state index contributed by atoms with van der Waals surface area (Å²) in [6.07, 6.45) is 12.2. The van der Waals surface area contributed by atoms with Gasteiger partial charge in [0.2, 0.25) is 0 Å². The molecule has 0 amide bonds. The Bertz CT molecular complexity index is 909. The molecule has 0 bridgehead atoms. The third-order valence-electron chi connectivity index (χ3n) is 4.76. The average molecular weight is 400 g/mol. The van der Waals surface area contributed by atoms with Crippen LogP contribution in [0.2, 0.25) is 0 Å². The highest BCUT2D eigenvalue weighted by Crippen LogP contribution is 2.45. The number of hydrogen-bond acceptors (Lipinski definition) is 6. The predicted octanol–water partition coefficient (Wildman–Crippen LogP) is 6.43. The Hall–Kier alpha value is -1.81. The topological polar surface area (TPSA) is 57.9 Å². The highest BCUT2D eigenvalue weighted by atomic mass is 32.2. The lowest BCUT2D eigenvalue weighted by molar-refractivity contribution is 0.272. The minimum Gasteiger partial charge on any atom is -0.279 e. The fourth-order valence-corrected chi connectivity index (χ4v) is 5.49. The van der Waals surface area contributed by atoms with Gasteiger partial charge in [-0.3, -0.25) is 10.3 Å². The van der Waals surface area contributed by atoms with E-state index in [0.717, 1.165) is 33.8 Å². The number of aryl methyl sites for hydroxylation is 1. The first-order valence-corrected chi connectivity index (χ1v) is 11.1. The zero-order valence-electron chi connectivity index (χ0n) is 16.0.